The summed E-state index contributed by atoms with van der Waals surface area (Å²) in [6.45, 7) is 28.6. The summed E-state index contributed by atoms with van der Waals surface area (Å²) in [6, 6.07) is 15.2. The molecule has 0 aliphatic carbocycles. The summed E-state index contributed by atoms with van der Waals surface area (Å²) in [5.41, 5.74) is 11.3. The Hall–Kier alpha value is -3.11. The molecule has 0 radical (unpaired) electrons. The molecule has 0 bridgehead atoms. The third-order valence-corrected chi connectivity index (χ3v) is 9.14. The third kappa shape index (κ3) is 16.4. The van der Waals surface area contributed by atoms with E-state index in [1.165, 1.54) is 48.7 Å². The lowest BCUT2D eigenvalue weighted by Gasteiger charge is -2.43. The Balaban J connectivity index is 0.000000556. The number of rotatable bonds is 11. The minimum absolute atomic E-state index is 0.00482. The van der Waals surface area contributed by atoms with Crippen LogP contribution in [0.4, 0.5) is 15.8 Å². The Labute approximate surface area is 301 Å². The monoisotopic (exact) mass is 695 g/mol. The minimum Gasteiger partial charge on any atom is -0.497 e. The fourth-order valence-electron chi connectivity index (χ4n) is 5.38. The number of hydrogen-bond donors (Lipinski definition) is 1. The van der Waals surface area contributed by atoms with E-state index >= 15 is 0 Å². The molecule has 3 rings (SSSR count). The maximum absolute atomic E-state index is 12.2. The van der Waals surface area contributed by atoms with Crippen molar-refractivity contribution in [1.29, 1.82) is 0 Å². The highest BCUT2D eigenvalue weighted by atomic mass is 31.0. The van der Waals surface area contributed by atoms with Crippen LogP contribution in [0.5, 0.6) is 5.75 Å². The van der Waals surface area contributed by atoms with Gasteiger partial charge < -0.3 is 19.9 Å². The van der Waals surface area contributed by atoms with Crippen LogP contribution < -0.4 is 19.9 Å². The van der Waals surface area contributed by atoms with Gasteiger partial charge in [-0.25, -0.2) is 4.39 Å². The predicted molar refractivity (Wildman–Crippen MR) is 216 cm³/mol. The number of nitrogens with one attached hydrogen (secondary N) is 1. The molecule has 274 valence electrons. The molecule has 0 saturated carbocycles. The molecule has 4 atom stereocenters. The number of carbonyl (C=O) groups is 1. The van der Waals surface area contributed by atoms with Gasteiger partial charge in [0.05, 0.1) is 7.11 Å². The number of piperazine rings is 1. The number of alkyl halides is 1. The van der Waals surface area contributed by atoms with Crippen molar-refractivity contribution in [3.8, 4) is 5.75 Å². The smallest absolute Gasteiger partial charge is 0.247 e. The van der Waals surface area contributed by atoms with Gasteiger partial charge in [0.2, 0.25) is 5.91 Å². The number of carbonyl (C=O) groups excluding carboxylic acids is 1. The second kappa shape index (κ2) is 22.6. The van der Waals surface area contributed by atoms with Crippen LogP contribution in [0.3, 0.4) is 0 Å². The molecule has 4 unspecified atom stereocenters. The zero-order valence-electron chi connectivity index (χ0n) is 33.0. The average Bonchev–Trinajstić information content (AvgIpc) is 3.05. The van der Waals surface area contributed by atoms with E-state index in [2.05, 4.69) is 107 Å². The van der Waals surface area contributed by atoms with Crippen LogP contribution in [-0.4, -0.2) is 44.6 Å². The van der Waals surface area contributed by atoms with Gasteiger partial charge in [-0.15, -0.1) is 9.24 Å². The van der Waals surface area contributed by atoms with Gasteiger partial charge in [-0.3, -0.25) is 4.79 Å². The SMILES string of the molecule is CC(F)P.CCC(C)/C=C(/C)CCC(C)=C(C)C.COc1ccc(N2CCN(c3ccc(CNC(=O)C(C)=C(C)C)cc3C)CC2C)cc1. The van der Waals surface area contributed by atoms with Crippen molar-refractivity contribution >= 4 is 26.5 Å². The Bertz CT molecular complexity index is 1390. The summed E-state index contributed by atoms with van der Waals surface area (Å²) in [5.74, 6) is 0.880. The number of benzene rings is 2. The molecule has 1 aliphatic rings. The van der Waals surface area contributed by atoms with Crippen molar-refractivity contribution in [2.24, 2.45) is 5.92 Å². The molecule has 0 aromatic heterocycles. The molecule has 1 aliphatic heterocycles. The van der Waals surface area contributed by atoms with Gasteiger partial charge >= 0.3 is 0 Å². The van der Waals surface area contributed by atoms with Crippen LogP contribution in [0.2, 0.25) is 0 Å². The molecule has 2 aromatic carbocycles. The number of anilines is 2. The summed E-state index contributed by atoms with van der Waals surface area (Å²) < 4.78 is 16.2. The van der Waals surface area contributed by atoms with Crippen LogP contribution in [0.1, 0.15) is 107 Å². The van der Waals surface area contributed by atoms with Crippen molar-refractivity contribution in [2.75, 3.05) is 36.5 Å². The number of hydrogen-bond acceptors (Lipinski definition) is 4. The first-order valence-electron chi connectivity index (χ1n) is 17.9. The van der Waals surface area contributed by atoms with E-state index in [1.807, 2.05) is 42.1 Å². The fraction of sp³-hybridized carbons (Fsp3) is 0.548. The van der Waals surface area contributed by atoms with Gasteiger partial charge in [-0.2, -0.15) is 0 Å². The van der Waals surface area contributed by atoms with Gasteiger partial charge in [0.1, 0.15) is 11.7 Å². The molecular formula is C42H67FN3O2P. The van der Waals surface area contributed by atoms with Crippen LogP contribution in [-0.2, 0) is 11.3 Å². The van der Waals surface area contributed by atoms with Crippen LogP contribution >= 0.6 is 9.24 Å². The number of aryl methyl sites for hydroxylation is 1. The third-order valence-electron chi connectivity index (χ3n) is 9.14. The normalized spacial score (nSPS) is 15.5. The molecule has 1 saturated heterocycles. The van der Waals surface area contributed by atoms with Gasteiger partial charge in [-0.1, -0.05) is 60.8 Å². The van der Waals surface area contributed by atoms with Crippen molar-refractivity contribution in [3.63, 3.8) is 0 Å². The molecule has 0 spiro atoms. The maximum Gasteiger partial charge on any atom is 0.247 e. The van der Waals surface area contributed by atoms with E-state index in [1.54, 1.807) is 18.3 Å². The second-order valence-electron chi connectivity index (χ2n) is 14.0. The maximum atomic E-state index is 12.2. The van der Waals surface area contributed by atoms with Crippen LogP contribution in [0.25, 0.3) is 0 Å². The standard InChI is InChI=1S/C26H35N3O2.C14H26.C2H6FP/c1-18(2)21(5)26(30)27-16-22-7-12-25(19(3)15-22)28-13-14-29(20(4)17-28)23-8-10-24(31-6)11-9-23;1-7-12(4)10-13(5)8-9-14(6)11(2)3;1-2(3)4/h7-12,15,20H,13-14,16-17H2,1-6H3,(H,27,30);10,12H,7-9H2,1-6H3;2H,4H2,1H3/b;13-10-;. The summed E-state index contributed by atoms with van der Waals surface area (Å²) in [6.07, 6.45) is 6.11. The van der Waals surface area contributed by atoms with E-state index in [0.717, 1.165) is 48.0 Å². The molecule has 1 fully saturated rings. The number of ether oxygens (including phenoxy) is 1. The fourth-order valence-corrected chi connectivity index (χ4v) is 5.38. The van der Waals surface area contributed by atoms with Crippen molar-refractivity contribution < 1.29 is 13.9 Å². The Morgan fingerprint density at radius 2 is 1.61 bits per heavy atom. The summed E-state index contributed by atoms with van der Waals surface area (Å²) >= 11 is 0. The number of allylic oxidation sites excluding steroid dienone is 5. The topological polar surface area (TPSA) is 44.8 Å². The molecule has 1 amide bonds. The van der Waals surface area contributed by atoms with Gasteiger partial charge in [0.25, 0.3) is 0 Å². The molecule has 49 heavy (non-hydrogen) atoms. The van der Waals surface area contributed by atoms with Crippen molar-refractivity contribution in [3.05, 3.63) is 87.5 Å². The van der Waals surface area contributed by atoms with E-state index in [-0.39, 0.29) is 5.91 Å². The van der Waals surface area contributed by atoms with E-state index < -0.39 is 5.91 Å². The largest absolute Gasteiger partial charge is 0.497 e. The second-order valence-corrected chi connectivity index (χ2v) is 14.9. The highest BCUT2D eigenvalue weighted by Gasteiger charge is 2.25. The Kier molecular flexibility index (Phi) is 20.2. The van der Waals surface area contributed by atoms with E-state index in [4.69, 9.17) is 4.74 Å². The quantitative estimate of drug-likeness (QED) is 0.144. The van der Waals surface area contributed by atoms with Crippen molar-refractivity contribution in [1.82, 2.24) is 5.32 Å². The molecule has 5 nitrogen and oxygen atoms in total. The average molecular weight is 696 g/mol. The molecule has 7 heteroatoms. The number of methoxy groups -OCH3 is 1. The number of nitrogens with zero attached hydrogens (tertiary/aromatic N) is 2. The lowest BCUT2D eigenvalue weighted by Crippen LogP contribution is -2.52. The van der Waals surface area contributed by atoms with Gasteiger partial charge in [0.15, 0.2) is 0 Å². The minimum atomic E-state index is -0.750. The molecule has 1 heterocycles. The zero-order chi connectivity index (χ0) is 37.3. The van der Waals surface area contributed by atoms with Crippen LogP contribution in [0, 0.1) is 12.8 Å². The Morgan fingerprint density at radius 3 is 2.10 bits per heavy atom. The molecule has 2 aromatic rings. The van der Waals surface area contributed by atoms with Crippen LogP contribution in [0.15, 0.2) is 76.4 Å². The predicted octanol–water partition coefficient (Wildman–Crippen LogP) is 11.0. The first-order valence-corrected chi connectivity index (χ1v) is 18.5. The zero-order valence-corrected chi connectivity index (χ0v) is 34.1. The summed E-state index contributed by atoms with van der Waals surface area (Å²) in [7, 11) is 3.69. The number of halogens is 1. The molecule has 1 N–H and O–H groups in total. The van der Waals surface area contributed by atoms with Crippen molar-refractivity contribution in [2.45, 2.75) is 121 Å². The molecular weight excluding hydrogens is 628 g/mol. The summed E-state index contributed by atoms with van der Waals surface area (Å²) in [4.78, 5) is 17.1. The highest BCUT2D eigenvalue weighted by Crippen LogP contribution is 2.28. The van der Waals surface area contributed by atoms with Gasteiger partial charge in [0, 0.05) is 49.2 Å². The Morgan fingerprint density at radius 1 is 1.00 bits per heavy atom. The summed E-state index contributed by atoms with van der Waals surface area (Å²) in [5, 5.41) is 3.02. The number of amides is 1. The first kappa shape index (κ1) is 43.9. The van der Waals surface area contributed by atoms with E-state index in [0.29, 0.717) is 12.6 Å². The lowest BCUT2D eigenvalue weighted by atomic mass is 10.00. The van der Waals surface area contributed by atoms with E-state index in [9.17, 15) is 9.18 Å². The van der Waals surface area contributed by atoms with Gasteiger partial charge in [-0.05, 0) is 129 Å². The first-order chi connectivity index (χ1) is 23.0. The lowest BCUT2D eigenvalue weighted by molar-refractivity contribution is -0.117. The highest BCUT2D eigenvalue weighted by molar-refractivity contribution is 7.17.